The first-order valence-electron chi connectivity index (χ1n) is 7.39. The fourth-order valence-corrected chi connectivity index (χ4v) is 3.06. The number of hydrogen-bond acceptors (Lipinski definition) is 7. The highest BCUT2D eigenvalue weighted by Gasteiger charge is 2.33. The van der Waals surface area contributed by atoms with E-state index in [0.717, 1.165) is 11.8 Å². The lowest BCUT2D eigenvalue weighted by molar-refractivity contribution is -0.141. The topological polar surface area (TPSA) is 87.1 Å². The van der Waals surface area contributed by atoms with Gasteiger partial charge in [0.1, 0.15) is 11.6 Å². The largest absolute Gasteiger partial charge is 0.497 e. The number of oxazole rings is 1. The maximum Gasteiger partial charge on any atom is 0.433 e. The summed E-state index contributed by atoms with van der Waals surface area (Å²) < 4.78 is 49.1. The molecule has 0 saturated heterocycles. The summed E-state index contributed by atoms with van der Waals surface area (Å²) in [6.45, 7) is 0. The lowest BCUT2D eigenvalue weighted by Gasteiger charge is -2.07. The van der Waals surface area contributed by atoms with Gasteiger partial charge in [-0.25, -0.2) is 15.0 Å². The van der Waals surface area contributed by atoms with Gasteiger partial charge in [-0.1, -0.05) is 23.4 Å². The van der Waals surface area contributed by atoms with Crippen LogP contribution < -0.4 is 10.5 Å². The van der Waals surface area contributed by atoms with Gasteiger partial charge in [0.15, 0.2) is 16.6 Å². The molecule has 2 aromatic heterocycles. The Bertz CT molecular complexity index is 965. The van der Waals surface area contributed by atoms with Gasteiger partial charge in [-0.15, -0.1) is 0 Å². The zero-order valence-electron chi connectivity index (χ0n) is 13.7. The Hall–Kier alpha value is -2.46. The van der Waals surface area contributed by atoms with E-state index in [1.807, 2.05) is 0 Å². The molecule has 2 N–H and O–H groups in total. The van der Waals surface area contributed by atoms with Gasteiger partial charge in [0.05, 0.1) is 19.1 Å². The Kier molecular flexibility index (Phi) is 5.47. The highest BCUT2D eigenvalue weighted by Crippen LogP contribution is 2.32. The zero-order valence-corrected chi connectivity index (χ0v) is 15.3. The highest BCUT2D eigenvalue weighted by atomic mass is 35.5. The normalized spacial score (nSPS) is 11.6. The molecule has 3 aromatic rings. The number of halogens is 4. The Morgan fingerprint density at radius 1 is 1.22 bits per heavy atom. The number of thioether (sulfide) groups is 1. The van der Waals surface area contributed by atoms with E-state index < -0.39 is 11.9 Å². The van der Waals surface area contributed by atoms with Crippen LogP contribution >= 0.6 is 23.4 Å². The summed E-state index contributed by atoms with van der Waals surface area (Å²) in [5.74, 6) is 1.14. The molecule has 0 saturated carbocycles. The molecule has 0 radical (unpaired) electrons. The lowest BCUT2D eigenvalue weighted by Crippen LogP contribution is -2.10. The van der Waals surface area contributed by atoms with Gasteiger partial charge in [0.2, 0.25) is 5.89 Å². The molecule has 1 aromatic carbocycles. The molecular formula is C16H12ClF3N4O2S. The molecule has 0 aliphatic rings. The van der Waals surface area contributed by atoms with Crippen molar-refractivity contribution in [3.8, 4) is 17.1 Å². The maximum absolute atomic E-state index is 12.8. The van der Waals surface area contributed by atoms with Gasteiger partial charge >= 0.3 is 6.18 Å². The van der Waals surface area contributed by atoms with Crippen LogP contribution in [0, 0.1) is 0 Å². The van der Waals surface area contributed by atoms with E-state index >= 15 is 0 Å². The van der Waals surface area contributed by atoms with Gasteiger partial charge in [0, 0.05) is 16.7 Å². The molecule has 27 heavy (non-hydrogen) atoms. The van der Waals surface area contributed by atoms with Crippen molar-refractivity contribution in [2.24, 2.45) is 0 Å². The van der Waals surface area contributed by atoms with Gasteiger partial charge in [-0.3, -0.25) is 0 Å². The number of nitrogens with two attached hydrogens (primary N) is 1. The van der Waals surface area contributed by atoms with Crippen LogP contribution in [0.3, 0.4) is 0 Å². The second kappa shape index (κ2) is 7.65. The van der Waals surface area contributed by atoms with E-state index in [9.17, 15) is 13.2 Å². The smallest absolute Gasteiger partial charge is 0.433 e. The first-order valence-corrected chi connectivity index (χ1v) is 8.75. The molecule has 0 aliphatic heterocycles. The molecule has 0 atom stereocenters. The maximum atomic E-state index is 12.8. The van der Waals surface area contributed by atoms with Crippen LogP contribution in [0.4, 0.5) is 19.0 Å². The molecule has 0 bridgehead atoms. The Labute approximate surface area is 160 Å². The summed E-state index contributed by atoms with van der Waals surface area (Å²) in [5.41, 5.74) is 4.97. The number of alkyl halides is 3. The van der Waals surface area contributed by atoms with Crippen molar-refractivity contribution in [3.05, 3.63) is 47.1 Å². The first-order chi connectivity index (χ1) is 12.7. The fraction of sp³-hybridized carbons (Fsp3) is 0.188. The van der Waals surface area contributed by atoms with Gasteiger partial charge in [-0.05, 0) is 18.2 Å². The Balaban J connectivity index is 1.76. The fourth-order valence-electron chi connectivity index (χ4n) is 2.11. The molecule has 2 heterocycles. The molecule has 142 valence electrons. The van der Waals surface area contributed by atoms with Crippen LogP contribution in [-0.2, 0) is 11.9 Å². The van der Waals surface area contributed by atoms with Crippen molar-refractivity contribution in [1.29, 1.82) is 0 Å². The van der Waals surface area contributed by atoms with Crippen molar-refractivity contribution in [3.63, 3.8) is 0 Å². The summed E-state index contributed by atoms with van der Waals surface area (Å²) in [6.07, 6.45) is -3.11. The van der Waals surface area contributed by atoms with Crippen LogP contribution in [0.1, 0.15) is 11.6 Å². The molecule has 0 amide bonds. The summed E-state index contributed by atoms with van der Waals surface area (Å²) in [4.78, 5) is 11.4. The van der Waals surface area contributed by atoms with Crippen LogP contribution in [0.25, 0.3) is 11.3 Å². The van der Waals surface area contributed by atoms with Crippen LogP contribution in [0.5, 0.6) is 5.75 Å². The zero-order chi connectivity index (χ0) is 19.6. The summed E-state index contributed by atoms with van der Waals surface area (Å²) >= 11 is 6.95. The van der Waals surface area contributed by atoms with Gasteiger partial charge in [-0.2, -0.15) is 13.2 Å². The average molecular weight is 417 g/mol. The van der Waals surface area contributed by atoms with Crippen molar-refractivity contribution >= 4 is 29.2 Å². The van der Waals surface area contributed by atoms with Crippen molar-refractivity contribution in [2.75, 3.05) is 12.8 Å². The van der Waals surface area contributed by atoms with Gasteiger partial charge < -0.3 is 14.9 Å². The number of nitrogen functional groups attached to an aromatic ring is 1. The highest BCUT2D eigenvalue weighted by molar-refractivity contribution is 7.98. The second-order valence-corrected chi connectivity index (χ2v) is 6.62. The third-order valence-corrected chi connectivity index (χ3v) is 4.34. The Morgan fingerprint density at radius 3 is 2.70 bits per heavy atom. The number of nitrogens with zero attached hydrogens (tertiary/aromatic N) is 3. The number of methoxy groups -OCH3 is 1. The molecule has 0 fully saturated rings. The minimum absolute atomic E-state index is 0.119. The molecule has 0 aliphatic carbocycles. The third kappa shape index (κ3) is 4.83. The molecule has 3 rings (SSSR count). The van der Waals surface area contributed by atoms with Crippen LogP contribution in [-0.4, -0.2) is 22.1 Å². The first kappa shape index (κ1) is 19.3. The minimum atomic E-state index is -4.60. The quantitative estimate of drug-likeness (QED) is 0.477. The summed E-state index contributed by atoms with van der Waals surface area (Å²) in [6, 6.07) is 5.73. The third-order valence-electron chi connectivity index (χ3n) is 3.29. The van der Waals surface area contributed by atoms with E-state index in [-0.39, 0.29) is 22.6 Å². The SMILES string of the molecule is COc1cc(Cl)cc(-c2cnc(CSc3nc(N)cc(C(F)(F)F)n3)o2)c1. The minimum Gasteiger partial charge on any atom is -0.497 e. The molecular weight excluding hydrogens is 405 g/mol. The number of anilines is 1. The van der Waals surface area contributed by atoms with Crippen molar-refractivity contribution in [2.45, 2.75) is 17.1 Å². The molecule has 0 spiro atoms. The monoisotopic (exact) mass is 416 g/mol. The van der Waals surface area contributed by atoms with Gasteiger partial charge in [0.25, 0.3) is 0 Å². The van der Waals surface area contributed by atoms with E-state index in [1.165, 1.54) is 13.3 Å². The molecule has 0 unspecified atom stereocenters. The van der Waals surface area contributed by atoms with E-state index in [1.54, 1.807) is 18.2 Å². The molecule has 6 nitrogen and oxygen atoms in total. The number of hydrogen-bond donors (Lipinski definition) is 1. The van der Waals surface area contributed by atoms with Crippen molar-refractivity contribution in [1.82, 2.24) is 15.0 Å². The number of rotatable bonds is 5. The average Bonchev–Trinajstić information content (AvgIpc) is 3.07. The summed E-state index contributed by atoms with van der Waals surface area (Å²) in [7, 11) is 1.51. The van der Waals surface area contributed by atoms with E-state index in [0.29, 0.717) is 28.2 Å². The van der Waals surface area contributed by atoms with Crippen LogP contribution in [0.15, 0.2) is 40.0 Å². The number of benzene rings is 1. The predicted octanol–water partition coefficient (Wildman–Crippen LogP) is 4.69. The van der Waals surface area contributed by atoms with Crippen molar-refractivity contribution < 1.29 is 22.3 Å². The number of aromatic nitrogens is 3. The van der Waals surface area contributed by atoms with E-state index in [4.69, 9.17) is 26.5 Å². The van der Waals surface area contributed by atoms with Crippen LogP contribution in [0.2, 0.25) is 5.02 Å². The lowest BCUT2D eigenvalue weighted by atomic mass is 10.2. The van der Waals surface area contributed by atoms with E-state index in [2.05, 4.69) is 15.0 Å². The Morgan fingerprint density at radius 2 is 2.00 bits per heavy atom. The molecule has 11 heteroatoms. The second-order valence-electron chi connectivity index (χ2n) is 5.25. The number of ether oxygens (including phenoxy) is 1. The standard InChI is InChI=1S/C16H12ClF3N4O2S/c1-25-10-3-8(2-9(17)4-10)11-6-22-14(26-11)7-27-15-23-12(16(18,19)20)5-13(21)24-15/h2-6H,7H2,1H3,(H2,21,23,24). The summed E-state index contributed by atoms with van der Waals surface area (Å²) in [5, 5.41) is 0.344. The predicted molar refractivity (Wildman–Crippen MR) is 94.5 cm³/mol.